The van der Waals surface area contributed by atoms with Crippen molar-refractivity contribution in [1.29, 1.82) is 0 Å². The fourth-order valence-electron chi connectivity index (χ4n) is 1.70. The first-order valence-corrected chi connectivity index (χ1v) is 7.43. The zero-order valence-electron chi connectivity index (χ0n) is 12.0. The molecule has 0 aliphatic carbocycles. The Bertz CT molecular complexity index is 558. The summed E-state index contributed by atoms with van der Waals surface area (Å²) in [6.45, 7) is 5.05. The Morgan fingerprint density at radius 2 is 1.95 bits per heavy atom. The topological polar surface area (TPSA) is 47.0 Å². The van der Waals surface area contributed by atoms with Gasteiger partial charge in [-0.2, -0.15) is 0 Å². The number of ether oxygens (including phenoxy) is 1. The van der Waals surface area contributed by atoms with Crippen molar-refractivity contribution in [3.05, 3.63) is 36.2 Å². The Kier molecular flexibility index (Phi) is 5.24. The Balaban J connectivity index is 2.24. The van der Waals surface area contributed by atoms with Gasteiger partial charge in [0.05, 0.1) is 7.11 Å². The van der Waals surface area contributed by atoms with Gasteiger partial charge < -0.3 is 10.1 Å². The number of aryl methyl sites for hydroxylation is 1. The lowest BCUT2D eigenvalue weighted by molar-refractivity contribution is 0.400. The third-order valence-corrected chi connectivity index (χ3v) is 3.75. The number of rotatable bonds is 6. The van der Waals surface area contributed by atoms with Crippen molar-refractivity contribution < 1.29 is 4.74 Å². The summed E-state index contributed by atoms with van der Waals surface area (Å²) in [5.74, 6) is 1.45. The van der Waals surface area contributed by atoms with Gasteiger partial charge >= 0.3 is 0 Å². The van der Waals surface area contributed by atoms with E-state index in [2.05, 4.69) is 53.4 Å². The van der Waals surface area contributed by atoms with Crippen LogP contribution < -0.4 is 10.1 Å². The maximum absolute atomic E-state index is 5.46. The van der Waals surface area contributed by atoms with E-state index in [0.717, 1.165) is 28.7 Å². The highest BCUT2D eigenvalue weighted by atomic mass is 32.2. The standard InChI is InChI=1S/C15H19N3OS/c1-4-9-16-14-13(19-3)15(18-10-17-14)20-12-7-5-11(2)6-8-12/h5-8,10H,4,9H2,1-3H3,(H,16,17,18). The van der Waals surface area contributed by atoms with Gasteiger partial charge in [0.15, 0.2) is 11.6 Å². The SMILES string of the molecule is CCCNc1ncnc(Sc2ccc(C)cc2)c1OC. The minimum absolute atomic E-state index is 0.700. The second-order valence-corrected chi connectivity index (χ2v) is 5.46. The molecule has 1 N–H and O–H groups in total. The molecule has 20 heavy (non-hydrogen) atoms. The zero-order chi connectivity index (χ0) is 14.4. The molecule has 1 aromatic heterocycles. The van der Waals surface area contributed by atoms with Gasteiger partial charge in [0.1, 0.15) is 11.4 Å². The summed E-state index contributed by atoms with van der Waals surface area (Å²) in [5, 5.41) is 4.08. The predicted octanol–water partition coefficient (Wildman–Crippen LogP) is 3.77. The monoisotopic (exact) mass is 289 g/mol. The average molecular weight is 289 g/mol. The number of nitrogens with zero attached hydrogens (tertiary/aromatic N) is 2. The Morgan fingerprint density at radius 3 is 2.60 bits per heavy atom. The lowest BCUT2D eigenvalue weighted by Gasteiger charge is -2.12. The highest BCUT2D eigenvalue weighted by Crippen LogP contribution is 2.36. The normalized spacial score (nSPS) is 10.3. The molecule has 0 bridgehead atoms. The van der Waals surface area contributed by atoms with Gasteiger partial charge in [-0.3, -0.25) is 0 Å². The van der Waals surface area contributed by atoms with Crippen LogP contribution in [0.5, 0.6) is 5.75 Å². The van der Waals surface area contributed by atoms with Crippen LogP contribution in [0, 0.1) is 6.92 Å². The minimum atomic E-state index is 0.700. The van der Waals surface area contributed by atoms with E-state index in [1.807, 2.05) is 0 Å². The molecule has 0 aliphatic heterocycles. The molecule has 0 unspecified atom stereocenters. The summed E-state index contributed by atoms with van der Waals surface area (Å²) in [7, 11) is 1.65. The third-order valence-electron chi connectivity index (χ3n) is 2.75. The van der Waals surface area contributed by atoms with Crippen molar-refractivity contribution in [3.63, 3.8) is 0 Å². The third kappa shape index (κ3) is 3.63. The number of benzene rings is 1. The largest absolute Gasteiger partial charge is 0.490 e. The van der Waals surface area contributed by atoms with Crippen LogP contribution in [0.3, 0.4) is 0 Å². The summed E-state index contributed by atoms with van der Waals surface area (Å²) in [4.78, 5) is 9.70. The average Bonchev–Trinajstić information content (AvgIpc) is 2.47. The summed E-state index contributed by atoms with van der Waals surface area (Å²) < 4.78 is 5.46. The molecule has 0 radical (unpaired) electrons. The van der Waals surface area contributed by atoms with Gasteiger partial charge in [0, 0.05) is 11.4 Å². The van der Waals surface area contributed by atoms with Crippen LogP contribution in [0.15, 0.2) is 40.5 Å². The van der Waals surface area contributed by atoms with Gasteiger partial charge in [-0.1, -0.05) is 36.4 Å². The first-order valence-electron chi connectivity index (χ1n) is 6.62. The number of methoxy groups -OCH3 is 1. The molecule has 0 aliphatic rings. The molecule has 106 valence electrons. The summed E-state index contributed by atoms with van der Waals surface area (Å²) in [5.41, 5.74) is 1.24. The molecule has 0 fully saturated rings. The minimum Gasteiger partial charge on any atom is -0.490 e. The highest BCUT2D eigenvalue weighted by Gasteiger charge is 2.12. The molecular formula is C15H19N3OS. The molecule has 0 saturated carbocycles. The van der Waals surface area contributed by atoms with Crippen molar-refractivity contribution >= 4 is 17.6 Å². The van der Waals surface area contributed by atoms with Crippen LogP contribution >= 0.6 is 11.8 Å². The van der Waals surface area contributed by atoms with Crippen LogP contribution in [-0.4, -0.2) is 23.6 Å². The fraction of sp³-hybridized carbons (Fsp3) is 0.333. The molecule has 1 aromatic carbocycles. The molecule has 4 nitrogen and oxygen atoms in total. The van der Waals surface area contributed by atoms with Gasteiger partial charge in [0.25, 0.3) is 0 Å². The van der Waals surface area contributed by atoms with Gasteiger partial charge in [-0.05, 0) is 25.5 Å². The fourth-order valence-corrected chi connectivity index (χ4v) is 2.57. The van der Waals surface area contributed by atoms with E-state index in [0.29, 0.717) is 5.75 Å². The van der Waals surface area contributed by atoms with Gasteiger partial charge in [-0.25, -0.2) is 9.97 Å². The van der Waals surface area contributed by atoms with E-state index in [-0.39, 0.29) is 0 Å². The molecule has 2 rings (SSSR count). The Labute approximate surface area is 124 Å². The summed E-state index contributed by atoms with van der Waals surface area (Å²) in [6.07, 6.45) is 2.60. The van der Waals surface area contributed by atoms with Gasteiger partial charge in [0.2, 0.25) is 0 Å². The maximum atomic E-state index is 5.46. The van der Waals surface area contributed by atoms with E-state index in [4.69, 9.17) is 4.74 Å². The number of anilines is 1. The van der Waals surface area contributed by atoms with E-state index in [1.165, 1.54) is 5.56 Å². The molecule has 1 heterocycles. The zero-order valence-corrected chi connectivity index (χ0v) is 12.8. The molecule has 0 amide bonds. The quantitative estimate of drug-likeness (QED) is 0.820. The van der Waals surface area contributed by atoms with Crippen LogP contribution in [-0.2, 0) is 0 Å². The van der Waals surface area contributed by atoms with Crippen molar-refractivity contribution in [2.45, 2.75) is 30.2 Å². The van der Waals surface area contributed by atoms with Crippen LogP contribution in [0.2, 0.25) is 0 Å². The second-order valence-electron chi connectivity index (χ2n) is 4.40. The number of aromatic nitrogens is 2. The van der Waals surface area contributed by atoms with Crippen LogP contribution in [0.25, 0.3) is 0 Å². The number of hydrogen-bond donors (Lipinski definition) is 1. The molecule has 0 saturated heterocycles. The van der Waals surface area contributed by atoms with Crippen molar-refractivity contribution in [2.75, 3.05) is 19.0 Å². The van der Waals surface area contributed by atoms with Gasteiger partial charge in [-0.15, -0.1) is 0 Å². The smallest absolute Gasteiger partial charge is 0.194 e. The molecule has 2 aromatic rings. The van der Waals surface area contributed by atoms with Crippen molar-refractivity contribution in [3.8, 4) is 5.75 Å². The van der Waals surface area contributed by atoms with Crippen molar-refractivity contribution in [1.82, 2.24) is 9.97 Å². The molecule has 0 atom stereocenters. The maximum Gasteiger partial charge on any atom is 0.194 e. The Morgan fingerprint density at radius 1 is 1.20 bits per heavy atom. The first kappa shape index (κ1) is 14.7. The first-order chi connectivity index (χ1) is 9.74. The summed E-state index contributed by atoms with van der Waals surface area (Å²) >= 11 is 1.58. The highest BCUT2D eigenvalue weighted by molar-refractivity contribution is 7.99. The molecular weight excluding hydrogens is 270 g/mol. The lowest BCUT2D eigenvalue weighted by atomic mass is 10.2. The van der Waals surface area contributed by atoms with Crippen LogP contribution in [0.1, 0.15) is 18.9 Å². The summed E-state index contributed by atoms with van der Waals surface area (Å²) in [6, 6.07) is 8.35. The van der Waals surface area contributed by atoms with Crippen LogP contribution in [0.4, 0.5) is 5.82 Å². The van der Waals surface area contributed by atoms with E-state index in [1.54, 1.807) is 25.2 Å². The lowest BCUT2D eigenvalue weighted by Crippen LogP contribution is -2.05. The van der Waals surface area contributed by atoms with E-state index < -0.39 is 0 Å². The predicted molar refractivity (Wildman–Crippen MR) is 82.7 cm³/mol. The second kappa shape index (κ2) is 7.14. The van der Waals surface area contributed by atoms with E-state index >= 15 is 0 Å². The van der Waals surface area contributed by atoms with E-state index in [9.17, 15) is 0 Å². The number of hydrogen-bond acceptors (Lipinski definition) is 5. The molecule has 5 heteroatoms. The Hall–Kier alpha value is -1.75. The number of nitrogens with one attached hydrogen (secondary N) is 1. The molecule has 0 spiro atoms. The van der Waals surface area contributed by atoms with Crippen molar-refractivity contribution in [2.24, 2.45) is 0 Å².